The van der Waals surface area contributed by atoms with Gasteiger partial charge in [0.1, 0.15) is 5.75 Å². The smallest absolute Gasteiger partial charge is 0.270 e. The van der Waals surface area contributed by atoms with Crippen molar-refractivity contribution in [3.05, 3.63) is 69.8 Å². The third kappa shape index (κ3) is 5.30. The summed E-state index contributed by atoms with van der Waals surface area (Å²) in [6, 6.07) is 12.8. The van der Waals surface area contributed by atoms with Crippen molar-refractivity contribution >= 4 is 17.5 Å². The lowest BCUT2D eigenvalue weighted by atomic mass is 10.1. The van der Waals surface area contributed by atoms with Gasteiger partial charge in [0.25, 0.3) is 11.6 Å². The molecule has 0 aliphatic rings. The van der Waals surface area contributed by atoms with Crippen molar-refractivity contribution in [2.24, 2.45) is 0 Å². The number of non-ortho nitro benzene ring substituents is 1. The number of nitro benzene ring substituents is 1. The zero-order chi connectivity index (χ0) is 18.9. The Hall–Kier alpha value is -3.42. The number of carbonyl (C=O) groups excluding carboxylic acids is 2. The fourth-order valence-corrected chi connectivity index (χ4v) is 2.33. The van der Waals surface area contributed by atoms with Crippen LogP contribution in [0.4, 0.5) is 5.69 Å². The second-order valence-electron chi connectivity index (χ2n) is 5.40. The van der Waals surface area contributed by atoms with Crippen LogP contribution in [0.15, 0.2) is 48.5 Å². The van der Waals surface area contributed by atoms with Gasteiger partial charge in [0.15, 0.2) is 0 Å². The van der Waals surface area contributed by atoms with E-state index >= 15 is 0 Å². The van der Waals surface area contributed by atoms with Crippen LogP contribution in [-0.2, 0) is 11.2 Å². The lowest BCUT2D eigenvalue weighted by molar-refractivity contribution is -0.384. The monoisotopic (exact) mass is 357 g/mol. The predicted octanol–water partition coefficient (Wildman–Crippen LogP) is 1.69. The Kier molecular flexibility index (Phi) is 6.67. The Labute approximate surface area is 150 Å². The van der Waals surface area contributed by atoms with Crippen LogP contribution in [0.1, 0.15) is 15.9 Å². The predicted molar refractivity (Wildman–Crippen MR) is 95.1 cm³/mol. The second kappa shape index (κ2) is 9.16. The number of carbonyl (C=O) groups is 2. The van der Waals surface area contributed by atoms with Crippen molar-refractivity contribution in [3.8, 4) is 5.75 Å². The Morgan fingerprint density at radius 1 is 1.12 bits per heavy atom. The molecule has 0 saturated carbocycles. The van der Waals surface area contributed by atoms with Crippen LogP contribution in [0.25, 0.3) is 0 Å². The highest BCUT2D eigenvalue weighted by molar-refractivity contribution is 5.96. The SMILES string of the molecule is COc1ccccc1CCNC(=O)CNC(=O)c1cccc([N+](=O)[O-])c1. The van der Waals surface area contributed by atoms with E-state index in [0.29, 0.717) is 13.0 Å². The first-order chi connectivity index (χ1) is 12.5. The summed E-state index contributed by atoms with van der Waals surface area (Å²) in [7, 11) is 1.58. The molecule has 8 nitrogen and oxygen atoms in total. The number of hydrogen-bond acceptors (Lipinski definition) is 5. The van der Waals surface area contributed by atoms with E-state index in [1.807, 2.05) is 24.3 Å². The number of ether oxygens (including phenoxy) is 1. The van der Waals surface area contributed by atoms with E-state index in [9.17, 15) is 19.7 Å². The molecule has 2 amide bonds. The number of hydrogen-bond donors (Lipinski definition) is 2. The third-order valence-corrected chi connectivity index (χ3v) is 3.64. The van der Waals surface area contributed by atoms with Gasteiger partial charge in [-0.1, -0.05) is 24.3 Å². The van der Waals surface area contributed by atoms with Gasteiger partial charge in [0.2, 0.25) is 5.91 Å². The molecule has 0 radical (unpaired) electrons. The molecule has 0 atom stereocenters. The highest BCUT2D eigenvalue weighted by atomic mass is 16.6. The standard InChI is InChI=1S/C18H19N3O5/c1-26-16-8-3-2-5-13(16)9-10-19-17(22)12-20-18(23)14-6-4-7-15(11-14)21(24)25/h2-8,11H,9-10,12H2,1H3,(H,19,22)(H,20,23). The minimum Gasteiger partial charge on any atom is -0.496 e. The molecule has 0 spiro atoms. The Balaban J connectivity index is 1.79. The Morgan fingerprint density at radius 2 is 1.88 bits per heavy atom. The number of para-hydroxylation sites is 1. The summed E-state index contributed by atoms with van der Waals surface area (Å²) in [4.78, 5) is 33.9. The number of amides is 2. The summed E-state index contributed by atoms with van der Waals surface area (Å²) < 4.78 is 5.24. The van der Waals surface area contributed by atoms with E-state index < -0.39 is 10.8 Å². The molecule has 2 N–H and O–H groups in total. The molecular formula is C18H19N3O5. The lowest BCUT2D eigenvalue weighted by Crippen LogP contribution is -2.37. The lowest BCUT2D eigenvalue weighted by Gasteiger charge is -2.09. The average molecular weight is 357 g/mol. The minimum absolute atomic E-state index is 0.126. The molecule has 26 heavy (non-hydrogen) atoms. The van der Waals surface area contributed by atoms with Gasteiger partial charge in [-0.25, -0.2) is 0 Å². The fourth-order valence-electron chi connectivity index (χ4n) is 2.33. The van der Waals surface area contributed by atoms with Crippen LogP contribution in [0.5, 0.6) is 5.75 Å². The highest BCUT2D eigenvalue weighted by Gasteiger charge is 2.12. The van der Waals surface area contributed by atoms with E-state index in [4.69, 9.17) is 4.74 Å². The summed E-state index contributed by atoms with van der Waals surface area (Å²) >= 11 is 0. The van der Waals surface area contributed by atoms with Gasteiger partial charge < -0.3 is 15.4 Å². The van der Waals surface area contributed by atoms with Gasteiger partial charge in [-0.2, -0.15) is 0 Å². The molecule has 0 aliphatic carbocycles. The largest absolute Gasteiger partial charge is 0.496 e. The Bertz CT molecular complexity index is 807. The highest BCUT2D eigenvalue weighted by Crippen LogP contribution is 2.17. The van der Waals surface area contributed by atoms with Gasteiger partial charge in [-0.3, -0.25) is 19.7 Å². The minimum atomic E-state index is -0.582. The molecule has 2 aromatic carbocycles. The molecule has 0 aliphatic heterocycles. The van der Waals surface area contributed by atoms with E-state index in [0.717, 1.165) is 17.4 Å². The number of nitro groups is 1. The summed E-state index contributed by atoms with van der Waals surface area (Å²) in [5.41, 5.74) is 0.913. The molecule has 136 valence electrons. The van der Waals surface area contributed by atoms with Crippen LogP contribution in [0.3, 0.4) is 0 Å². The normalized spacial score (nSPS) is 10.0. The third-order valence-electron chi connectivity index (χ3n) is 3.64. The molecule has 0 heterocycles. The van der Waals surface area contributed by atoms with Crippen molar-refractivity contribution in [1.82, 2.24) is 10.6 Å². The van der Waals surface area contributed by atoms with Crippen LogP contribution >= 0.6 is 0 Å². The van der Waals surface area contributed by atoms with E-state index in [-0.39, 0.29) is 23.7 Å². The van der Waals surface area contributed by atoms with Gasteiger partial charge >= 0.3 is 0 Å². The molecule has 0 saturated heterocycles. The zero-order valence-corrected chi connectivity index (χ0v) is 14.2. The molecule has 2 aromatic rings. The molecule has 0 fully saturated rings. The summed E-state index contributed by atoms with van der Waals surface area (Å²) in [6.07, 6.45) is 0.592. The fraction of sp³-hybridized carbons (Fsp3) is 0.222. The van der Waals surface area contributed by atoms with Gasteiger partial charge in [-0.05, 0) is 24.1 Å². The average Bonchev–Trinajstić information content (AvgIpc) is 2.66. The maximum absolute atomic E-state index is 12.0. The van der Waals surface area contributed by atoms with Crippen LogP contribution in [0, 0.1) is 10.1 Å². The number of methoxy groups -OCH3 is 1. The van der Waals surface area contributed by atoms with Crippen molar-refractivity contribution in [3.63, 3.8) is 0 Å². The molecule has 0 bridgehead atoms. The van der Waals surface area contributed by atoms with Gasteiger partial charge in [-0.15, -0.1) is 0 Å². The van der Waals surface area contributed by atoms with Crippen molar-refractivity contribution in [1.29, 1.82) is 0 Å². The first kappa shape index (κ1) is 18.9. The summed E-state index contributed by atoms with van der Waals surface area (Å²) in [5.74, 6) is -0.145. The number of nitrogens with zero attached hydrogens (tertiary/aromatic N) is 1. The Morgan fingerprint density at radius 3 is 2.62 bits per heavy atom. The molecule has 0 aromatic heterocycles. The number of nitrogens with one attached hydrogen (secondary N) is 2. The topological polar surface area (TPSA) is 111 Å². The maximum Gasteiger partial charge on any atom is 0.270 e. The van der Waals surface area contributed by atoms with E-state index in [1.165, 1.54) is 18.2 Å². The zero-order valence-electron chi connectivity index (χ0n) is 14.2. The molecular weight excluding hydrogens is 338 g/mol. The second-order valence-corrected chi connectivity index (χ2v) is 5.40. The van der Waals surface area contributed by atoms with Crippen LogP contribution in [-0.4, -0.2) is 36.9 Å². The first-order valence-corrected chi connectivity index (χ1v) is 7.92. The van der Waals surface area contributed by atoms with Crippen molar-refractivity contribution < 1.29 is 19.2 Å². The van der Waals surface area contributed by atoms with Crippen LogP contribution in [0.2, 0.25) is 0 Å². The van der Waals surface area contributed by atoms with E-state index in [1.54, 1.807) is 7.11 Å². The molecule has 0 unspecified atom stereocenters. The van der Waals surface area contributed by atoms with E-state index in [2.05, 4.69) is 10.6 Å². The summed E-state index contributed by atoms with van der Waals surface area (Å²) in [5, 5.41) is 15.9. The molecule has 2 rings (SSSR count). The molecule has 8 heteroatoms. The van der Waals surface area contributed by atoms with Crippen molar-refractivity contribution in [2.75, 3.05) is 20.2 Å². The van der Waals surface area contributed by atoms with Gasteiger partial charge in [0, 0.05) is 24.2 Å². The van der Waals surface area contributed by atoms with Gasteiger partial charge in [0.05, 0.1) is 18.6 Å². The summed E-state index contributed by atoms with van der Waals surface area (Å²) in [6.45, 7) is 0.180. The quantitative estimate of drug-likeness (QED) is 0.552. The van der Waals surface area contributed by atoms with Crippen molar-refractivity contribution in [2.45, 2.75) is 6.42 Å². The number of benzene rings is 2. The number of rotatable bonds is 8. The maximum atomic E-state index is 12.0. The first-order valence-electron chi connectivity index (χ1n) is 7.92. The van der Waals surface area contributed by atoms with Crippen LogP contribution < -0.4 is 15.4 Å².